The lowest BCUT2D eigenvalue weighted by molar-refractivity contribution is -0.116. The molecule has 1 aromatic heterocycles. The maximum absolute atomic E-state index is 12.9. The minimum atomic E-state index is -0.200. The van der Waals surface area contributed by atoms with Crippen molar-refractivity contribution in [1.29, 1.82) is 0 Å². The average Bonchev–Trinajstić information content (AvgIpc) is 3.32. The number of benzene rings is 1. The normalized spacial score (nSPS) is 16.6. The largest absolute Gasteiger partial charge is 0.348 e. The van der Waals surface area contributed by atoms with E-state index in [1.807, 2.05) is 29.2 Å². The van der Waals surface area contributed by atoms with Gasteiger partial charge in [-0.25, -0.2) is 0 Å². The van der Waals surface area contributed by atoms with Crippen LogP contribution >= 0.6 is 11.3 Å². The maximum atomic E-state index is 12.9. The number of nitrogens with one attached hydrogen (secondary N) is 1. The van der Waals surface area contributed by atoms with Crippen molar-refractivity contribution in [2.75, 3.05) is 6.54 Å². The second kappa shape index (κ2) is 8.12. The summed E-state index contributed by atoms with van der Waals surface area (Å²) in [5.41, 5.74) is 1.67. The third-order valence-electron chi connectivity index (χ3n) is 4.51. The Balaban J connectivity index is 1.63. The number of hydrogen-bond acceptors (Lipinski definition) is 3. The number of carbonyl (C=O) groups is 2. The van der Waals surface area contributed by atoms with Crippen LogP contribution in [-0.4, -0.2) is 29.3 Å². The van der Waals surface area contributed by atoms with Gasteiger partial charge in [0.1, 0.15) is 0 Å². The molecule has 4 nitrogen and oxygen atoms in total. The molecule has 0 spiro atoms. The topological polar surface area (TPSA) is 49.4 Å². The first-order valence-corrected chi connectivity index (χ1v) is 9.38. The quantitative estimate of drug-likeness (QED) is 0.809. The molecular weight excluding hydrogens is 332 g/mol. The molecule has 3 rings (SSSR count). The van der Waals surface area contributed by atoms with Crippen LogP contribution in [0.5, 0.6) is 0 Å². The van der Waals surface area contributed by atoms with Gasteiger partial charge in [0.15, 0.2) is 0 Å². The molecule has 0 unspecified atom stereocenters. The Labute approximate surface area is 152 Å². The third-order valence-corrected chi connectivity index (χ3v) is 5.41. The first kappa shape index (κ1) is 17.4. The molecule has 5 heteroatoms. The number of likely N-dealkylation sites (tertiary alicyclic amines) is 1. The molecule has 2 amide bonds. The van der Waals surface area contributed by atoms with Gasteiger partial charge in [-0.05, 0) is 48.1 Å². The smallest absolute Gasteiger partial charge is 0.254 e. The van der Waals surface area contributed by atoms with Crippen molar-refractivity contribution in [3.63, 3.8) is 0 Å². The average molecular weight is 354 g/mol. The van der Waals surface area contributed by atoms with Crippen LogP contribution in [0.25, 0.3) is 0 Å². The van der Waals surface area contributed by atoms with E-state index in [9.17, 15) is 9.59 Å². The Morgan fingerprint density at radius 3 is 2.76 bits per heavy atom. The summed E-state index contributed by atoms with van der Waals surface area (Å²) in [4.78, 5) is 27.4. The lowest BCUT2D eigenvalue weighted by Gasteiger charge is -2.24. The van der Waals surface area contributed by atoms with Gasteiger partial charge in [0.2, 0.25) is 5.91 Å². The van der Waals surface area contributed by atoms with Crippen molar-refractivity contribution in [3.05, 3.63) is 70.4 Å². The van der Waals surface area contributed by atoms with Gasteiger partial charge in [0.25, 0.3) is 5.91 Å². The molecule has 1 aliphatic heterocycles. The highest BCUT2D eigenvalue weighted by Gasteiger charge is 2.29. The third kappa shape index (κ3) is 4.37. The molecule has 25 heavy (non-hydrogen) atoms. The highest BCUT2D eigenvalue weighted by atomic mass is 32.1. The number of thiophene rings is 1. The van der Waals surface area contributed by atoms with Gasteiger partial charge in [-0.1, -0.05) is 24.8 Å². The highest BCUT2D eigenvalue weighted by molar-refractivity contribution is 7.09. The second-order valence-corrected chi connectivity index (χ2v) is 7.23. The minimum absolute atomic E-state index is 0.0979. The molecule has 1 N–H and O–H groups in total. The summed E-state index contributed by atoms with van der Waals surface area (Å²) in [6.45, 7) is 4.69. The van der Waals surface area contributed by atoms with Gasteiger partial charge in [-0.3, -0.25) is 9.59 Å². The Morgan fingerprint density at radius 2 is 2.08 bits per heavy atom. The molecule has 1 aromatic carbocycles. The predicted molar refractivity (Wildman–Crippen MR) is 101 cm³/mol. The van der Waals surface area contributed by atoms with Gasteiger partial charge >= 0.3 is 0 Å². The summed E-state index contributed by atoms with van der Waals surface area (Å²) >= 11 is 1.75. The van der Waals surface area contributed by atoms with Crippen LogP contribution in [-0.2, 0) is 17.8 Å². The Hall–Kier alpha value is -2.40. The SMILES string of the molecule is C=CC(=O)NCc1ccc(C(=O)N2CCC[C@H]2Cc2cccs2)cc1. The van der Waals surface area contributed by atoms with E-state index in [0.717, 1.165) is 31.4 Å². The molecule has 1 aliphatic rings. The summed E-state index contributed by atoms with van der Waals surface area (Å²) in [6, 6.07) is 12.0. The van der Waals surface area contributed by atoms with Crippen LogP contribution < -0.4 is 5.32 Å². The van der Waals surface area contributed by atoms with Crippen LogP contribution in [0, 0.1) is 0 Å². The van der Waals surface area contributed by atoms with Crippen molar-refractivity contribution in [2.24, 2.45) is 0 Å². The lowest BCUT2D eigenvalue weighted by Crippen LogP contribution is -2.36. The zero-order chi connectivity index (χ0) is 17.6. The number of rotatable bonds is 6. The van der Waals surface area contributed by atoms with Crippen LogP contribution in [0.1, 0.15) is 33.6 Å². The van der Waals surface area contributed by atoms with Crippen LogP contribution in [0.4, 0.5) is 0 Å². The fourth-order valence-electron chi connectivity index (χ4n) is 3.17. The molecule has 0 aliphatic carbocycles. The highest BCUT2D eigenvalue weighted by Crippen LogP contribution is 2.25. The lowest BCUT2D eigenvalue weighted by atomic mass is 10.1. The van der Waals surface area contributed by atoms with Gasteiger partial charge in [-0.15, -0.1) is 11.3 Å². The van der Waals surface area contributed by atoms with Crippen LogP contribution in [0.3, 0.4) is 0 Å². The Bertz CT molecular complexity index is 738. The van der Waals surface area contributed by atoms with E-state index in [1.165, 1.54) is 11.0 Å². The second-order valence-electron chi connectivity index (χ2n) is 6.20. The summed E-state index contributed by atoms with van der Waals surface area (Å²) in [7, 11) is 0. The number of amides is 2. The molecule has 1 atom stereocenters. The van der Waals surface area contributed by atoms with E-state index < -0.39 is 0 Å². The number of carbonyl (C=O) groups excluding carboxylic acids is 2. The predicted octanol–water partition coefficient (Wildman–Crippen LogP) is 3.40. The molecular formula is C20H22N2O2S. The van der Waals surface area contributed by atoms with Gasteiger partial charge in [0, 0.05) is 36.0 Å². The molecule has 0 bridgehead atoms. The zero-order valence-corrected chi connectivity index (χ0v) is 14.9. The molecule has 1 fully saturated rings. The summed E-state index contributed by atoms with van der Waals surface area (Å²) < 4.78 is 0. The minimum Gasteiger partial charge on any atom is -0.348 e. The van der Waals surface area contributed by atoms with Crippen LogP contribution in [0.15, 0.2) is 54.4 Å². The molecule has 1 saturated heterocycles. The number of hydrogen-bond donors (Lipinski definition) is 1. The summed E-state index contributed by atoms with van der Waals surface area (Å²) in [5, 5.41) is 4.82. The molecule has 130 valence electrons. The summed E-state index contributed by atoms with van der Waals surface area (Å²) in [5.74, 6) is -0.102. The van der Waals surface area contributed by atoms with E-state index in [0.29, 0.717) is 12.1 Å². The first-order chi connectivity index (χ1) is 12.2. The fourth-order valence-corrected chi connectivity index (χ4v) is 3.95. The van der Waals surface area contributed by atoms with E-state index in [4.69, 9.17) is 0 Å². The van der Waals surface area contributed by atoms with E-state index in [2.05, 4.69) is 29.4 Å². The van der Waals surface area contributed by atoms with Crippen molar-refractivity contribution < 1.29 is 9.59 Å². The molecule has 0 radical (unpaired) electrons. The standard InChI is InChI=1S/C20H22N2O2S/c1-2-19(23)21-14-15-7-9-16(10-8-15)20(24)22-11-3-5-17(22)13-18-6-4-12-25-18/h2,4,6-10,12,17H,1,3,5,11,13-14H2,(H,21,23)/t17-/m0/s1. The van der Waals surface area contributed by atoms with Crippen molar-refractivity contribution >= 4 is 23.2 Å². The maximum Gasteiger partial charge on any atom is 0.254 e. The molecule has 2 heterocycles. The Kier molecular flexibility index (Phi) is 5.66. The van der Waals surface area contributed by atoms with E-state index in [-0.39, 0.29) is 17.9 Å². The van der Waals surface area contributed by atoms with Crippen molar-refractivity contribution in [2.45, 2.75) is 31.8 Å². The van der Waals surface area contributed by atoms with Gasteiger partial charge in [-0.2, -0.15) is 0 Å². The van der Waals surface area contributed by atoms with E-state index >= 15 is 0 Å². The first-order valence-electron chi connectivity index (χ1n) is 8.50. The zero-order valence-electron chi connectivity index (χ0n) is 14.1. The summed E-state index contributed by atoms with van der Waals surface area (Å²) in [6.07, 6.45) is 4.32. The van der Waals surface area contributed by atoms with Gasteiger partial charge in [0.05, 0.1) is 0 Å². The van der Waals surface area contributed by atoms with Crippen LogP contribution in [0.2, 0.25) is 0 Å². The molecule has 0 saturated carbocycles. The molecule has 2 aromatic rings. The monoisotopic (exact) mass is 354 g/mol. The van der Waals surface area contributed by atoms with Crippen molar-refractivity contribution in [3.8, 4) is 0 Å². The van der Waals surface area contributed by atoms with E-state index in [1.54, 1.807) is 11.3 Å². The van der Waals surface area contributed by atoms with Gasteiger partial charge < -0.3 is 10.2 Å². The number of nitrogens with zero attached hydrogens (tertiary/aromatic N) is 1. The fraction of sp³-hybridized carbons (Fsp3) is 0.300. The Morgan fingerprint density at radius 1 is 1.28 bits per heavy atom. The van der Waals surface area contributed by atoms with Crippen molar-refractivity contribution in [1.82, 2.24) is 10.2 Å².